The van der Waals surface area contributed by atoms with Gasteiger partial charge in [0.15, 0.2) is 0 Å². The molecule has 0 heterocycles. The summed E-state index contributed by atoms with van der Waals surface area (Å²) in [6, 6.07) is 7.88. The summed E-state index contributed by atoms with van der Waals surface area (Å²) in [5.41, 5.74) is 0.939. The monoisotopic (exact) mass is 207 g/mol. The molecular weight excluding hydrogens is 189 g/mol. The molecule has 0 saturated heterocycles. The summed E-state index contributed by atoms with van der Waals surface area (Å²) in [6.45, 7) is 0.752. The van der Waals surface area contributed by atoms with Crippen LogP contribution in [0.1, 0.15) is 36.8 Å². The maximum absolute atomic E-state index is 14.6. The van der Waals surface area contributed by atoms with E-state index in [9.17, 15) is 4.39 Å². The van der Waals surface area contributed by atoms with Crippen LogP contribution in [0.3, 0.4) is 0 Å². The number of alkyl halides is 1. The van der Waals surface area contributed by atoms with Crippen molar-refractivity contribution in [3.8, 4) is 0 Å². The molecular formula is C13H18FN. The largest absolute Gasteiger partial charge is 0.316 e. The first-order valence-corrected chi connectivity index (χ1v) is 5.68. The first-order valence-electron chi connectivity index (χ1n) is 5.68. The van der Waals surface area contributed by atoms with Crippen LogP contribution < -0.4 is 5.32 Å². The van der Waals surface area contributed by atoms with Crippen molar-refractivity contribution in [2.45, 2.75) is 37.9 Å². The van der Waals surface area contributed by atoms with Crippen LogP contribution in [-0.4, -0.2) is 7.05 Å². The molecule has 1 aliphatic rings. The van der Waals surface area contributed by atoms with Gasteiger partial charge in [0.05, 0.1) is 0 Å². The van der Waals surface area contributed by atoms with E-state index in [0.29, 0.717) is 12.8 Å². The first-order chi connectivity index (χ1) is 7.26. The summed E-state index contributed by atoms with van der Waals surface area (Å²) in [6.07, 6.45) is 3.41. The van der Waals surface area contributed by atoms with Gasteiger partial charge in [-0.25, -0.2) is 4.39 Å². The fourth-order valence-electron chi connectivity index (χ4n) is 2.51. The second-order valence-electron chi connectivity index (χ2n) is 4.36. The number of hydrogen-bond donors (Lipinski definition) is 1. The van der Waals surface area contributed by atoms with E-state index in [1.807, 2.05) is 31.3 Å². The number of nitrogens with one attached hydrogen (secondary N) is 1. The van der Waals surface area contributed by atoms with Crippen molar-refractivity contribution in [3.05, 3.63) is 35.4 Å². The van der Waals surface area contributed by atoms with E-state index in [4.69, 9.17) is 0 Å². The van der Waals surface area contributed by atoms with Crippen molar-refractivity contribution in [2.24, 2.45) is 0 Å². The average Bonchev–Trinajstić information content (AvgIpc) is 2.68. The highest BCUT2D eigenvalue weighted by atomic mass is 19.1. The van der Waals surface area contributed by atoms with E-state index in [0.717, 1.165) is 30.5 Å². The van der Waals surface area contributed by atoms with Gasteiger partial charge < -0.3 is 5.32 Å². The summed E-state index contributed by atoms with van der Waals surface area (Å²) in [5, 5.41) is 3.10. The summed E-state index contributed by atoms with van der Waals surface area (Å²) < 4.78 is 14.6. The van der Waals surface area contributed by atoms with E-state index in [2.05, 4.69) is 5.32 Å². The Bertz CT molecular complexity index is 329. The maximum Gasteiger partial charge on any atom is 0.136 e. The molecule has 0 amide bonds. The van der Waals surface area contributed by atoms with Crippen molar-refractivity contribution in [1.82, 2.24) is 5.32 Å². The Kier molecular flexibility index (Phi) is 3.06. The van der Waals surface area contributed by atoms with Gasteiger partial charge in [0, 0.05) is 6.54 Å². The molecule has 0 radical (unpaired) electrons. The smallest absolute Gasteiger partial charge is 0.136 e. The van der Waals surface area contributed by atoms with Gasteiger partial charge in [0.25, 0.3) is 0 Å². The summed E-state index contributed by atoms with van der Waals surface area (Å²) in [4.78, 5) is 0. The fraction of sp³-hybridized carbons (Fsp3) is 0.538. The molecule has 2 heteroatoms. The molecule has 1 aromatic carbocycles. The van der Waals surface area contributed by atoms with Crippen LogP contribution >= 0.6 is 0 Å². The Morgan fingerprint density at radius 2 is 1.93 bits per heavy atom. The molecule has 2 rings (SSSR count). The molecule has 15 heavy (non-hydrogen) atoms. The zero-order chi connectivity index (χ0) is 10.7. The molecule has 1 aromatic rings. The Morgan fingerprint density at radius 3 is 2.60 bits per heavy atom. The van der Waals surface area contributed by atoms with E-state index in [1.165, 1.54) is 0 Å². The second-order valence-corrected chi connectivity index (χ2v) is 4.36. The third kappa shape index (κ3) is 2.05. The Labute approximate surface area is 90.7 Å². The highest BCUT2D eigenvalue weighted by Gasteiger charge is 2.36. The van der Waals surface area contributed by atoms with Crippen LogP contribution in [0.4, 0.5) is 4.39 Å². The lowest BCUT2D eigenvalue weighted by Gasteiger charge is -2.22. The number of rotatable bonds is 3. The minimum Gasteiger partial charge on any atom is -0.316 e. The molecule has 82 valence electrons. The highest BCUT2D eigenvalue weighted by Crippen LogP contribution is 2.43. The molecule has 1 nitrogen and oxygen atoms in total. The van der Waals surface area contributed by atoms with Crippen LogP contribution in [-0.2, 0) is 12.2 Å². The molecule has 0 atom stereocenters. The minimum atomic E-state index is -1.06. The van der Waals surface area contributed by atoms with Crippen LogP contribution in [0.5, 0.6) is 0 Å². The van der Waals surface area contributed by atoms with Gasteiger partial charge in [-0.15, -0.1) is 0 Å². The van der Waals surface area contributed by atoms with Crippen molar-refractivity contribution < 1.29 is 4.39 Å². The molecule has 0 unspecified atom stereocenters. The van der Waals surface area contributed by atoms with Gasteiger partial charge in [-0.1, -0.05) is 24.3 Å². The summed E-state index contributed by atoms with van der Waals surface area (Å²) >= 11 is 0. The van der Waals surface area contributed by atoms with Crippen molar-refractivity contribution in [3.63, 3.8) is 0 Å². The zero-order valence-electron chi connectivity index (χ0n) is 9.22. The molecule has 1 saturated carbocycles. The minimum absolute atomic E-state index is 0.688. The van der Waals surface area contributed by atoms with Crippen LogP contribution in [0, 0.1) is 0 Å². The maximum atomic E-state index is 14.6. The quantitative estimate of drug-likeness (QED) is 0.803. The normalized spacial score (nSPS) is 19.3. The number of hydrogen-bond acceptors (Lipinski definition) is 1. The third-order valence-electron chi connectivity index (χ3n) is 3.26. The van der Waals surface area contributed by atoms with Crippen molar-refractivity contribution in [1.29, 1.82) is 0 Å². The predicted molar refractivity (Wildman–Crippen MR) is 60.5 cm³/mol. The van der Waals surface area contributed by atoms with Crippen LogP contribution in [0.15, 0.2) is 24.3 Å². The van der Waals surface area contributed by atoms with E-state index in [-0.39, 0.29) is 0 Å². The standard InChI is InChI=1S/C13H18FN/c1-15-10-11-6-2-3-7-12(11)13(14)8-4-5-9-13/h2-3,6-7,15H,4-5,8-10H2,1H3. The molecule has 1 N–H and O–H groups in total. The summed E-state index contributed by atoms with van der Waals surface area (Å²) in [5.74, 6) is 0. The predicted octanol–water partition coefficient (Wildman–Crippen LogP) is 3.14. The van der Waals surface area contributed by atoms with Crippen LogP contribution in [0.2, 0.25) is 0 Å². The average molecular weight is 207 g/mol. The lowest BCUT2D eigenvalue weighted by molar-refractivity contribution is 0.173. The number of halogens is 1. The Hall–Kier alpha value is -0.890. The third-order valence-corrected chi connectivity index (χ3v) is 3.26. The molecule has 0 spiro atoms. The van der Waals surface area contributed by atoms with Gasteiger partial charge in [-0.3, -0.25) is 0 Å². The lowest BCUT2D eigenvalue weighted by Crippen LogP contribution is -2.19. The zero-order valence-corrected chi connectivity index (χ0v) is 9.22. The highest BCUT2D eigenvalue weighted by molar-refractivity contribution is 5.33. The van der Waals surface area contributed by atoms with E-state index < -0.39 is 5.67 Å². The van der Waals surface area contributed by atoms with Crippen molar-refractivity contribution in [2.75, 3.05) is 7.05 Å². The van der Waals surface area contributed by atoms with E-state index in [1.54, 1.807) is 0 Å². The van der Waals surface area contributed by atoms with Crippen LogP contribution in [0.25, 0.3) is 0 Å². The topological polar surface area (TPSA) is 12.0 Å². The molecule has 1 fully saturated rings. The Balaban J connectivity index is 2.33. The first kappa shape index (κ1) is 10.6. The Morgan fingerprint density at radius 1 is 1.27 bits per heavy atom. The van der Waals surface area contributed by atoms with Gasteiger partial charge in [-0.2, -0.15) is 0 Å². The fourth-order valence-corrected chi connectivity index (χ4v) is 2.51. The van der Waals surface area contributed by atoms with Gasteiger partial charge in [0.2, 0.25) is 0 Å². The molecule has 1 aliphatic carbocycles. The number of benzene rings is 1. The second kappa shape index (κ2) is 4.31. The molecule has 0 aromatic heterocycles. The van der Waals surface area contributed by atoms with Gasteiger partial charge in [-0.05, 0) is 43.9 Å². The molecule has 0 bridgehead atoms. The van der Waals surface area contributed by atoms with Crippen molar-refractivity contribution >= 4 is 0 Å². The van der Waals surface area contributed by atoms with Gasteiger partial charge >= 0.3 is 0 Å². The summed E-state index contributed by atoms with van der Waals surface area (Å²) in [7, 11) is 1.90. The SMILES string of the molecule is CNCc1ccccc1C1(F)CCCC1. The molecule has 0 aliphatic heterocycles. The van der Waals surface area contributed by atoms with Gasteiger partial charge in [0.1, 0.15) is 5.67 Å². The lowest BCUT2D eigenvalue weighted by atomic mass is 9.90. The van der Waals surface area contributed by atoms with E-state index >= 15 is 0 Å².